The molecule has 0 heterocycles. The molecule has 0 saturated heterocycles. The van der Waals surface area contributed by atoms with Gasteiger partial charge in [0.1, 0.15) is 0 Å². The maximum absolute atomic E-state index is 11.8. The van der Waals surface area contributed by atoms with Crippen LogP contribution in [0, 0.1) is 5.92 Å². The minimum absolute atomic E-state index is 0.0641. The number of oxime groups is 1. The Morgan fingerprint density at radius 3 is 2.61 bits per heavy atom. The average Bonchev–Trinajstić information content (AvgIpc) is 2.38. The van der Waals surface area contributed by atoms with E-state index in [4.69, 9.17) is 10.9 Å². The van der Waals surface area contributed by atoms with Gasteiger partial charge in [-0.1, -0.05) is 40.1 Å². The van der Waals surface area contributed by atoms with Gasteiger partial charge in [-0.25, -0.2) is 0 Å². The number of rotatable bonds is 5. The summed E-state index contributed by atoms with van der Waals surface area (Å²) in [5.74, 6) is -0.896. The van der Waals surface area contributed by atoms with Crippen molar-refractivity contribution in [2.45, 2.75) is 19.9 Å². The van der Waals surface area contributed by atoms with Crippen LogP contribution in [0.1, 0.15) is 18.9 Å². The summed E-state index contributed by atoms with van der Waals surface area (Å²) in [6.45, 7) is 2.23. The van der Waals surface area contributed by atoms with Crippen molar-refractivity contribution in [3.8, 4) is 0 Å². The highest BCUT2D eigenvalue weighted by atomic mass is 79.9. The highest BCUT2D eigenvalue weighted by molar-refractivity contribution is 9.10. The first kappa shape index (κ1) is 14.5. The second-order valence-electron chi connectivity index (χ2n) is 3.83. The quantitative estimate of drug-likeness (QED) is 0.335. The predicted octanol–water partition coefficient (Wildman–Crippen LogP) is 1.84. The Kier molecular flexibility index (Phi) is 5.64. The number of hydrogen-bond donors (Lipinski definition) is 3. The Hall–Kier alpha value is -1.56. The van der Waals surface area contributed by atoms with Crippen LogP contribution in [0.3, 0.4) is 0 Å². The van der Waals surface area contributed by atoms with Gasteiger partial charge >= 0.3 is 0 Å². The van der Waals surface area contributed by atoms with E-state index in [1.54, 1.807) is 0 Å². The average molecular weight is 314 g/mol. The van der Waals surface area contributed by atoms with Crippen molar-refractivity contribution in [1.29, 1.82) is 0 Å². The Bertz CT molecular complexity index is 431. The fraction of sp³-hybridized carbons (Fsp3) is 0.333. The molecule has 6 heteroatoms. The van der Waals surface area contributed by atoms with Crippen LogP contribution < -0.4 is 11.1 Å². The lowest BCUT2D eigenvalue weighted by molar-refractivity contribution is -0.123. The number of amides is 1. The number of amidine groups is 1. The smallest absolute Gasteiger partial charge is 0.231 e. The lowest BCUT2D eigenvalue weighted by Gasteiger charge is -2.13. The molecule has 0 aliphatic carbocycles. The molecule has 1 amide bonds. The maximum Gasteiger partial charge on any atom is 0.231 e. The molecule has 0 saturated carbocycles. The second kappa shape index (κ2) is 7.00. The topological polar surface area (TPSA) is 87.7 Å². The summed E-state index contributed by atoms with van der Waals surface area (Å²) in [7, 11) is 0. The molecule has 0 radical (unpaired) electrons. The summed E-state index contributed by atoms with van der Waals surface area (Å²) < 4.78 is 0.987. The van der Waals surface area contributed by atoms with Crippen LogP contribution in [0.5, 0.6) is 0 Å². The van der Waals surface area contributed by atoms with Crippen LogP contribution >= 0.6 is 15.9 Å². The largest absolute Gasteiger partial charge is 0.409 e. The van der Waals surface area contributed by atoms with E-state index in [2.05, 4.69) is 26.4 Å². The molecule has 1 aromatic carbocycles. The van der Waals surface area contributed by atoms with Crippen LogP contribution in [0.2, 0.25) is 0 Å². The van der Waals surface area contributed by atoms with Gasteiger partial charge in [0.2, 0.25) is 5.91 Å². The molecule has 0 fully saturated rings. The van der Waals surface area contributed by atoms with Gasteiger partial charge in [0, 0.05) is 11.0 Å². The Balaban J connectivity index is 2.57. The van der Waals surface area contributed by atoms with Crippen molar-refractivity contribution in [3.63, 3.8) is 0 Å². The zero-order valence-corrected chi connectivity index (χ0v) is 11.6. The highest BCUT2D eigenvalue weighted by Gasteiger charge is 2.20. The number of hydrogen-bond acceptors (Lipinski definition) is 3. The molecule has 18 heavy (non-hydrogen) atoms. The molecule has 1 aromatic rings. The Morgan fingerprint density at radius 2 is 2.11 bits per heavy atom. The third-order valence-corrected chi connectivity index (χ3v) is 3.11. The molecule has 0 aromatic heterocycles. The molecular formula is C12H16BrN3O2. The van der Waals surface area contributed by atoms with Gasteiger partial charge in [-0.05, 0) is 24.1 Å². The highest BCUT2D eigenvalue weighted by Crippen LogP contribution is 2.10. The summed E-state index contributed by atoms with van der Waals surface area (Å²) in [6, 6.07) is 7.63. The molecular weight excluding hydrogens is 298 g/mol. The van der Waals surface area contributed by atoms with E-state index in [0.717, 1.165) is 10.0 Å². The first-order chi connectivity index (χ1) is 8.58. The fourth-order valence-corrected chi connectivity index (χ4v) is 1.78. The van der Waals surface area contributed by atoms with E-state index in [0.29, 0.717) is 13.0 Å². The van der Waals surface area contributed by atoms with Gasteiger partial charge in [0.15, 0.2) is 5.84 Å². The van der Waals surface area contributed by atoms with Crippen LogP contribution in [-0.4, -0.2) is 17.0 Å². The lowest BCUT2D eigenvalue weighted by atomic mass is 10.0. The molecule has 98 valence electrons. The number of halogens is 1. The molecule has 4 N–H and O–H groups in total. The van der Waals surface area contributed by atoms with Gasteiger partial charge in [0.25, 0.3) is 0 Å². The molecule has 1 atom stereocenters. The summed E-state index contributed by atoms with van der Waals surface area (Å²) >= 11 is 3.34. The molecule has 0 spiro atoms. The summed E-state index contributed by atoms with van der Waals surface area (Å²) in [6.07, 6.45) is 0.488. The summed E-state index contributed by atoms with van der Waals surface area (Å²) in [5, 5.41) is 14.2. The molecule has 0 aliphatic rings. The van der Waals surface area contributed by atoms with Crippen molar-refractivity contribution in [1.82, 2.24) is 5.32 Å². The van der Waals surface area contributed by atoms with E-state index in [1.807, 2.05) is 31.2 Å². The Morgan fingerprint density at radius 1 is 1.50 bits per heavy atom. The minimum atomic E-state index is -0.592. The predicted molar refractivity (Wildman–Crippen MR) is 73.2 cm³/mol. The number of carbonyl (C=O) groups excluding carboxylic acids is 1. The number of nitrogens with one attached hydrogen (secondary N) is 1. The lowest BCUT2D eigenvalue weighted by Crippen LogP contribution is -2.38. The first-order valence-electron chi connectivity index (χ1n) is 5.58. The van der Waals surface area contributed by atoms with E-state index < -0.39 is 5.92 Å². The monoisotopic (exact) mass is 313 g/mol. The molecule has 0 aliphatic heterocycles. The summed E-state index contributed by atoms with van der Waals surface area (Å²) in [4.78, 5) is 11.8. The first-order valence-corrected chi connectivity index (χ1v) is 6.37. The SMILES string of the molecule is CCC(C(=O)NCc1ccc(Br)cc1)C(N)=NO. The number of nitrogens with two attached hydrogens (primary N) is 1. The number of nitrogens with zero attached hydrogens (tertiary/aromatic N) is 1. The van der Waals surface area contributed by atoms with Crippen molar-refractivity contribution in [3.05, 3.63) is 34.3 Å². The second-order valence-corrected chi connectivity index (χ2v) is 4.75. The van der Waals surface area contributed by atoms with Crippen molar-refractivity contribution in [2.24, 2.45) is 16.8 Å². The third kappa shape index (κ3) is 4.03. The van der Waals surface area contributed by atoms with Crippen LogP contribution in [0.4, 0.5) is 0 Å². The van der Waals surface area contributed by atoms with Crippen molar-refractivity contribution < 1.29 is 10.0 Å². The van der Waals surface area contributed by atoms with E-state index in [9.17, 15) is 4.79 Å². The molecule has 1 unspecified atom stereocenters. The maximum atomic E-state index is 11.8. The van der Waals surface area contributed by atoms with Gasteiger partial charge in [-0.3, -0.25) is 4.79 Å². The van der Waals surface area contributed by atoms with Crippen molar-refractivity contribution in [2.75, 3.05) is 0 Å². The minimum Gasteiger partial charge on any atom is -0.409 e. The van der Waals surface area contributed by atoms with Crippen LogP contribution in [-0.2, 0) is 11.3 Å². The third-order valence-electron chi connectivity index (χ3n) is 2.58. The zero-order chi connectivity index (χ0) is 13.5. The van der Waals surface area contributed by atoms with Gasteiger partial charge in [0.05, 0.1) is 5.92 Å². The van der Waals surface area contributed by atoms with Crippen molar-refractivity contribution >= 4 is 27.7 Å². The van der Waals surface area contributed by atoms with Crippen LogP contribution in [0.15, 0.2) is 33.9 Å². The van der Waals surface area contributed by atoms with E-state index >= 15 is 0 Å². The van der Waals surface area contributed by atoms with Gasteiger partial charge in [-0.15, -0.1) is 0 Å². The van der Waals surface area contributed by atoms with Crippen LogP contribution in [0.25, 0.3) is 0 Å². The van der Waals surface area contributed by atoms with Gasteiger partial charge in [-0.2, -0.15) is 0 Å². The van der Waals surface area contributed by atoms with E-state index in [-0.39, 0.29) is 11.7 Å². The molecule has 1 rings (SSSR count). The van der Waals surface area contributed by atoms with Gasteiger partial charge < -0.3 is 16.3 Å². The summed E-state index contributed by atoms with van der Waals surface area (Å²) in [5.41, 5.74) is 6.44. The van der Waals surface area contributed by atoms with E-state index in [1.165, 1.54) is 0 Å². The number of carbonyl (C=O) groups is 1. The molecule has 5 nitrogen and oxygen atoms in total. The molecule has 0 bridgehead atoms. The zero-order valence-electron chi connectivity index (χ0n) is 10.1. The normalized spacial score (nSPS) is 13.1. The Labute approximate surface area is 114 Å². The number of benzene rings is 1. The standard InChI is InChI=1S/C12H16BrN3O2/c1-2-10(11(14)16-18)12(17)15-7-8-3-5-9(13)6-4-8/h3-6,10,18H,2,7H2,1H3,(H2,14,16)(H,15,17). The fourth-order valence-electron chi connectivity index (χ4n) is 1.51.